The molecule has 0 atom stereocenters. The maximum atomic E-state index is 12.2. The molecule has 3 rings (SSSR count). The Bertz CT molecular complexity index is 942. The zero-order valence-corrected chi connectivity index (χ0v) is 16.0. The number of amides is 1. The van der Waals surface area contributed by atoms with Crippen LogP contribution in [0.2, 0.25) is 0 Å². The second-order valence-electron chi connectivity index (χ2n) is 5.61. The Morgan fingerprint density at radius 2 is 1.89 bits per heavy atom. The number of aromatic nitrogens is 2. The number of nitrogens with zero attached hydrogens (tertiary/aromatic N) is 2. The first kappa shape index (κ1) is 18.8. The van der Waals surface area contributed by atoms with Crippen LogP contribution in [0.25, 0.3) is 11.5 Å². The predicted molar refractivity (Wildman–Crippen MR) is 103 cm³/mol. The molecular formula is C19H19N3O4S. The van der Waals surface area contributed by atoms with Gasteiger partial charge >= 0.3 is 0 Å². The van der Waals surface area contributed by atoms with E-state index >= 15 is 0 Å². The monoisotopic (exact) mass is 385 g/mol. The molecule has 1 amide bonds. The molecule has 0 radical (unpaired) electrons. The van der Waals surface area contributed by atoms with Gasteiger partial charge in [0.2, 0.25) is 5.91 Å². The number of nitrogens with one attached hydrogen (secondary N) is 1. The Labute approximate surface area is 161 Å². The molecule has 0 unspecified atom stereocenters. The van der Waals surface area contributed by atoms with Gasteiger partial charge in [-0.25, -0.2) is 0 Å². The average Bonchev–Trinajstić information content (AvgIpc) is 3.15. The summed E-state index contributed by atoms with van der Waals surface area (Å²) in [7, 11) is 3.14. The van der Waals surface area contributed by atoms with Gasteiger partial charge in [0.05, 0.1) is 31.2 Å². The molecule has 140 valence electrons. The van der Waals surface area contributed by atoms with E-state index in [1.165, 1.54) is 0 Å². The highest BCUT2D eigenvalue weighted by molar-refractivity contribution is 7.99. The summed E-state index contributed by atoms with van der Waals surface area (Å²) in [4.78, 5) is 12.2. The van der Waals surface area contributed by atoms with Crippen molar-refractivity contribution in [2.45, 2.75) is 12.1 Å². The van der Waals surface area contributed by atoms with E-state index in [0.29, 0.717) is 33.9 Å². The summed E-state index contributed by atoms with van der Waals surface area (Å²) in [6.07, 6.45) is 0. The lowest BCUT2D eigenvalue weighted by atomic mass is 10.2. The molecule has 1 aromatic heterocycles. The molecule has 0 bridgehead atoms. The lowest BCUT2D eigenvalue weighted by molar-refractivity contribution is -0.113. The van der Waals surface area contributed by atoms with Gasteiger partial charge in [0.1, 0.15) is 11.5 Å². The number of carbonyl (C=O) groups is 1. The van der Waals surface area contributed by atoms with Crippen molar-refractivity contribution in [3.05, 3.63) is 48.0 Å². The van der Waals surface area contributed by atoms with E-state index in [-0.39, 0.29) is 11.7 Å². The standard InChI is InChI=1S/C19H19N3O4S/c1-12-8-9-16(25-3)14(10-12)20-17(23)11-27-19-22-21-18(26-19)13-6-4-5-7-15(13)24-2/h4-10H,11H2,1-3H3,(H,20,23). The van der Waals surface area contributed by atoms with Gasteiger partial charge in [-0.3, -0.25) is 4.79 Å². The van der Waals surface area contributed by atoms with E-state index in [1.54, 1.807) is 14.2 Å². The summed E-state index contributed by atoms with van der Waals surface area (Å²) in [6.45, 7) is 1.95. The highest BCUT2D eigenvalue weighted by atomic mass is 32.2. The number of para-hydroxylation sites is 1. The number of methoxy groups -OCH3 is 2. The van der Waals surface area contributed by atoms with Gasteiger partial charge in [-0.15, -0.1) is 10.2 Å². The fourth-order valence-electron chi connectivity index (χ4n) is 2.43. The Balaban J connectivity index is 1.63. The first-order valence-corrected chi connectivity index (χ1v) is 9.13. The number of carbonyl (C=O) groups excluding carboxylic acids is 1. The third kappa shape index (κ3) is 4.59. The Morgan fingerprint density at radius 3 is 2.67 bits per heavy atom. The van der Waals surface area contributed by atoms with Crippen molar-refractivity contribution in [2.24, 2.45) is 0 Å². The predicted octanol–water partition coefficient (Wildman–Crippen LogP) is 3.79. The molecule has 0 aliphatic heterocycles. The normalized spacial score (nSPS) is 10.5. The zero-order valence-electron chi connectivity index (χ0n) is 15.2. The number of hydrogen-bond acceptors (Lipinski definition) is 7. The van der Waals surface area contributed by atoms with Crippen LogP contribution in [0.5, 0.6) is 11.5 Å². The molecule has 0 aliphatic rings. The topological polar surface area (TPSA) is 86.5 Å². The van der Waals surface area contributed by atoms with Crippen LogP contribution in [0.1, 0.15) is 5.56 Å². The van der Waals surface area contributed by atoms with Crippen molar-refractivity contribution < 1.29 is 18.7 Å². The van der Waals surface area contributed by atoms with Gasteiger partial charge < -0.3 is 19.2 Å². The van der Waals surface area contributed by atoms with Gasteiger partial charge in [-0.1, -0.05) is 30.0 Å². The summed E-state index contributed by atoms with van der Waals surface area (Å²) in [5.74, 6) is 1.53. The zero-order chi connectivity index (χ0) is 19.2. The van der Waals surface area contributed by atoms with Crippen LogP contribution in [-0.2, 0) is 4.79 Å². The molecule has 1 N–H and O–H groups in total. The van der Waals surface area contributed by atoms with Gasteiger partial charge in [-0.2, -0.15) is 0 Å². The van der Waals surface area contributed by atoms with Crippen molar-refractivity contribution in [3.63, 3.8) is 0 Å². The van der Waals surface area contributed by atoms with Crippen molar-refractivity contribution in [1.82, 2.24) is 10.2 Å². The van der Waals surface area contributed by atoms with E-state index in [9.17, 15) is 4.79 Å². The number of anilines is 1. The third-order valence-corrected chi connectivity index (χ3v) is 4.52. The molecule has 0 saturated heterocycles. The molecule has 0 aliphatic carbocycles. The molecule has 3 aromatic rings. The van der Waals surface area contributed by atoms with Crippen LogP contribution in [-0.4, -0.2) is 36.1 Å². The molecule has 0 spiro atoms. The molecular weight excluding hydrogens is 366 g/mol. The lowest BCUT2D eigenvalue weighted by Gasteiger charge is -2.10. The lowest BCUT2D eigenvalue weighted by Crippen LogP contribution is -2.14. The number of benzene rings is 2. The van der Waals surface area contributed by atoms with Crippen molar-refractivity contribution >= 4 is 23.4 Å². The number of thioether (sulfide) groups is 1. The van der Waals surface area contributed by atoms with E-state index in [2.05, 4.69) is 15.5 Å². The van der Waals surface area contributed by atoms with E-state index in [0.717, 1.165) is 17.3 Å². The van der Waals surface area contributed by atoms with Crippen LogP contribution in [0.3, 0.4) is 0 Å². The van der Waals surface area contributed by atoms with Gasteiger partial charge in [0.25, 0.3) is 11.1 Å². The summed E-state index contributed by atoms with van der Waals surface area (Å²) in [6, 6.07) is 13.0. The Kier molecular flexibility index (Phi) is 5.97. The number of aryl methyl sites for hydroxylation is 1. The van der Waals surface area contributed by atoms with Crippen LogP contribution < -0.4 is 14.8 Å². The van der Waals surface area contributed by atoms with Crippen molar-refractivity contribution in [1.29, 1.82) is 0 Å². The second kappa shape index (κ2) is 8.59. The SMILES string of the molecule is COc1ccc(C)cc1NC(=O)CSc1nnc(-c2ccccc2OC)o1. The Hall–Kier alpha value is -3.00. The average molecular weight is 385 g/mol. The summed E-state index contributed by atoms with van der Waals surface area (Å²) in [5.41, 5.74) is 2.36. The van der Waals surface area contributed by atoms with Crippen LogP contribution in [0, 0.1) is 6.92 Å². The largest absolute Gasteiger partial charge is 0.496 e. The number of hydrogen-bond donors (Lipinski definition) is 1. The maximum Gasteiger partial charge on any atom is 0.277 e. The number of ether oxygens (including phenoxy) is 2. The minimum absolute atomic E-state index is 0.130. The minimum atomic E-state index is -0.194. The Morgan fingerprint density at radius 1 is 1.11 bits per heavy atom. The van der Waals surface area contributed by atoms with Crippen LogP contribution in [0.4, 0.5) is 5.69 Å². The van der Waals surface area contributed by atoms with Gasteiger partial charge in [0, 0.05) is 0 Å². The summed E-state index contributed by atoms with van der Waals surface area (Å²) >= 11 is 1.16. The first-order chi connectivity index (χ1) is 13.1. The molecule has 7 nitrogen and oxygen atoms in total. The molecule has 2 aromatic carbocycles. The van der Waals surface area contributed by atoms with Crippen LogP contribution >= 0.6 is 11.8 Å². The van der Waals surface area contributed by atoms with Gasteiger partial charge in [0.15, 0.2) is 0 Å². The third-order valence-electron chi connectivity index (χ3n) is 3.70. The number of rotatable bonds is 7. The van der Waals surface area contributed by atoms with E-state index in [1.807, 2.05) is 49.4 Å². The fraction of sp³-hybridized carbons (Fsp3) is 0.211. The fourth-order valence-corrected chi connectivity index (χ4v) is 2.99. The molecule has 27 heavy (non-hydrogen) atoms. The first-order valence-electron chi connectivity index (χ1n) is 8.15. The van der Waals surface area contributed by atoms with E-state index in [4.69, 9.17) is 13.9 Å². The van der Waals surface area contributed by atoms with Crippen molar-refractivity contribution in [2.75, 3.05) is 25.3 Å². The van der Waals surface area contributed by atoms with Gasteiger partial charge in [-0.05, 0) is 36.8 Å². The van der Waals surface area contributed by atoms with E-state index < -0.39 is 0 Å². The highest BCUT2D eigenvalue weighted by Crippen LogP contribution is 2.30. The highest BCUT2D eigenvalue weighted by Gasteiger charge is 2.15. The molecule has 8 heteroatoms. The maximum absolute atomic E-state index is 12.2. The molecule has 0 saturated carbocycles. The molecule has 1 heterocycles. The second-order valence-corrected chi connectivity index (χ2v) is 6.54. The molecule has 0 fully saturated rings. The minimum Gasteiger partial charge on any atom is -0.496 e. The van der Waals surface area contributed by atoms with Crippen molar-refractivity contribution in [3.8, 4) is 23.0 Å². The smallest absolute Gasteiger partial charge is 0.277 e. The summed E-state index contributed by atoms with van der Waals surface area (Å²) in [5, 5.41) is 11.1. The van der Waals surface area contributed by atoms with Crippen LogP contribution in [0.15, 0.2) is 52.1 Å². The summed E-state index contributed by atoms with van der Waals surface area (Å²) < 4.78 is 16.2. The quantitative estimate of drug-likeness (QED) is 0.619.